The largest absolute Gasteiger partial charge is 0.462 e. The third-order valence-electron chi connectivity index (χ3n) is 4.79. The molecule has 0 aliphatic heterocycles. The summed E-state index contributed by atoms with van der Waals surface area (Å²) < 4.78 is 7.08. The summed E-state index contributed by atoms with van der Waals surface area (Å²) in [6, 6.07) is 8.04. The third kappa shape index (κ3) is 5.28. The molecule has 2 heterocycles. The Morgan fingerprint density at radius 3 is 2.59 bits per heavy atom. The van der Waals surface area contributed by atoms with Crippen molar-refractivity contribution < 1.29 is 14.3 Å². The van der Waals surface area contributed by atoms with E-state index in [1.54, 1.807) is 13.0 Å². The number of nitrogens with zero attached hydrogens (tertiary/aromatic N) is 3. The lowest BCUT2D eigenvalue weighted by Crippen LogP contribution is -2.17. The Hall–Kier alpha value is -2.91. The Balaban J connectivity index is 1.74. The molecule has 1 amide bonds. The zero-order valence-electron chi connectivity index (χ0n) is 18.6. The van der Waals surface area contributed by atoms with E-state index in [-0.39, 0.29) is 18.3 Å². The quantitative estimate of drug-likeness (QED) is 0.268. The van der Waals surface area contributed by atoms with E-state index in [1.165, 1.54) is 23.1 Å². The first-order valence-electron chi connectivity index (χ1n) is 10.2. The van der Waals surface area contributed by atoms with Gasteiger partial charge in [-0.15, -0.1) is 28.1 Å². The Morgan fingerprint density at radius 2 is 1.94 bits per heavy atom. The molecule has 0 fully saturated rings. The van der Waals surface area contributed by atoms with Crippen LogP contribution in [0.25, 0.3) is 11.4 Å². The van der Waals surface area contributed by atoms with Gasteiger partial charge in [0, 0.05) is 17.0 Å². The van der Waals surface area contributed by atoms with Crippen LogP contribution in [0.4, 0.5) is 5.00 Å². The maximum absolute atomic E-state index is 12.7. The average molecular weight is 471 g/mol. The summed E-state index contributed by atoms with van der Waals surface area (Å²) in [7, 11) is 0. The van der Waals surface area contributed by atoms with Crippen LogP contribution in [-0.4, -0.2) is 39.0 Å². The second-order valence-corrected chi connectivity index (χ2v) is 9.28. The minimum absolute atomic E-state index is 0.126. The van der Waals surface area contributed by atoms with E-state index < -0.39 is 5.97 Å². The SMILES string of the molecule is C=CCn1c(SCC(=O)Nc2sc(C)c(C)c2C(=O)OCC)nnc1-c1ccc(C)cc1. The molecule has 0 aliphatic carbocycles. The molecule has 3 aromatic rings. The number of thiophene rings is 1. The number of thioether (sulfide) groups is 1. The number of anilines is 1. The zero-order chi connectivity index (χ0) is 23.3. The number of aryl methyl sites for hydroxylation is 2. The highest BCUT2D eigenvalue weighted by Gasteiger charge is 2.22. The van der Waals surface area contributed by atoms with Crippen molar-refractivity contribution in [3.8, 4) is 11.4 Å². The van der Waals surface area contributed by atoms with Crippen molar-refractivity contribution in [1.29, 1.82) is 0 Å². The summed E-state index contributed by atoms with van der Waals surface area (Å²) >= 11 is 2.66. The molecule has 1 aromatic carbocycles. The van der Waals surface area contributed by atoms with Gasteiger partial charge in [0.25, 0.3) is 0 Å². The molecule has 0 spiro atoms. The maximum atomic E-state index is 12.7. The van der Waals surface area contributed by atoms with Gasteiger partial charge in [-0.2, -0.15) is 0 Å². The highest BCUT2D eigenvalue weighted by atomic mass is 32.2. The number of allylic oxidation sites excluding steroid dienone is 1. The number of hydrogen-bond donors (Lipinski definition) is 1. The fourth-order valence-electron chi connectivity index (χ4n) is 3.06. The molecule has 3 rings (SSSR count). The molecule has 0 aliphatic rings. The van der Waals surface area contributed by atoms with Crippen LogP contribution < -0.4 is 5.32 Å². The molecule has 0 saturated carbocycles. The van der Waals surface area contributed by atoms with E-state index in [0.29, 0.717) is 22.3 Å². The number of benzene rings is 1. The van der Waals surface area contributed by atoms with E-state index in [1.807, 2.05) is 49.6 Å². The molecule has 0 atom stereocenters. The van der Waals surface area contributed by atoms with E-state index >= 15 is 0 Å². The van der Waals surface area contributed by atoms with Crippen LogP contribution in [0.5, 0.6) is 0 Å². The molecular weight excluding hydrogens is 444 g/mol. The topological polar surface area (TPSA) is 86.1 Å². The van der Waals surface area contributed by atoms with Crippen LogP contribution in [0, 0.1) is 20.8 Å². The fraction of sp³-hybridized carbons (Fsp3) is 0.304. The number of esters is 1. The lowest BCUT2D eigenvalue weighted by Gasteiger charge is -2.09. The number of carbonyl (C=O) groups excluding carboxylic acids is 2. The van der Waals surface area contributed by atoms with Crippen molar-refractivity contribution in [2.24, 2.45) is 0 Å². The first-order chi connectivity index (χ1) is 15.3. The summed E-state index contributed by atoms with van der Waals surface area (Å²) in [5.41, 5.74) is 3.36. The standard InChI is InChI=1S/C23H26N4O3S2/c1-6-12-27-20(17-10-8-14(3)9-11-17)25-26-23(27)31-13-18(28)24-21-19(22(29)30-7-2)15(4)16(5)32-21/h6,8-11H,1,7,12-13H2,2-5H3,(H,24,28). The van der Waals surface area contributed by atoms with E-state index in [0.717, 1.165) is 27.4 Å². The Morgan fingerprint density at radius 1 is 1.22 bits per heavy atom. The van der Waals surface area contributed by atoms with Gasteiger partial charge < -0.3 is 10.1 Å². The van der Waals surface area contributed by atoms with Gasteiger partial charge in [-0.3, -0.25) is 9.36 Å². The summed E-state index contributed by atoms with van der Waals surface area (Å²) in [5.74, 6) is 0.195. The number of nitrogens with one attached hydrogen (secondary N) is 1. The number of rotatable bonds is 9. The summed E-state index contributed by atoms with van der Waals surface area (Å²) in [6.07, 6.45) is 1.77. The van der Waals surface area contributed by atoms with Crippen molar-refractivity contribution in [2.45, 2.75) is 39.4 Å². The van der Waals surface area contributed by atoms with Gasteiger partial charge in [-0.25, -0.2) is 4.79 Å². The molecule has 0 bridgehead atoms. The van der Waals surface area contributed by atoms with Gasteiger partial charge >= 0.3 is 5.97 Å². The minimum Gasteiger partial charge on any atom is -0.462 e. The van der Waals surface area contributed by atoms with Gasteiger partial charge in [0.2, 0.25) is 5.91 Å². The molecule has 0 saturated heterocycles. The molecule has 1 N–H and O–H groups in total. The van der Waals surface area contributed by atoms with E-state index in [2.05, 4.69) is 22.1 Å². The fourth-order valence-corrected chi connectivity index (χ4v) is 4.87. The predicted molar refractivity (Wildman–Crippen MR) is 129 cm³/mol. The molecular formula is C23H26N4O3S2. The third-order valence-corrected chi connectivity index (χ3v) is 6.88. The van der Waals surface area contributed by atoms with Gasteiger partial charge in [0.1, 0.15) is 5.00 Å². The lowest BCUT2D eigenvalue weighted by atomic mass is 10.1. The zero-order valence-corrected chi connectivity index (χ0v) is 20.2. The summed E-state index contributed by atoms with van der Waals surface area (Å²) in [4.78, 5) is 26.0. The van der Waals surface area contributed by atoms with Crippen LogP contribution >= 0.6 is 23.1 Å². The van der Waals surface area contributed by atoms with Crippen molar-refractivity contribution in [3.05, 3.63) is 58.5 Å². The lowest BCUT2D eigenvalue weighted by molar-refractivity contribution is -0.113. The molecule has 7 nitrogen and oxygen atoms in total. The Labute approximate surface area is 195 Å². The first-order valence-corrected chi connectivity index (χ1v) is 12.0. The predicted octanol–water partition coefficient (Wildman–Crippen LogP) is 5.03. The highest BCUT2D eigenvalue weighted by molar-refractivity contribution is 7.99. The monoisotopic (exact) mass is 470 g/mol. The number of carbonyl (C=O) groups is 2. The number of amides is 1. The summed E-state index contributed by atoms with van der Waals surface area (Å²) in [5, 5.41) is 12.6. The average Bonchev–Trinajstić information content (AvgIpc) is 3.28. The Kier molecular flexibility index (Phi) is 7.87. The van der Waals surface area contributed by atoms with Crippen molar-refractivity contribution in [2.75, 3.05) is 17.7 Å². The van der Waals surface area contributed by atoms with Crippen LogP contribution in [-0.2, 0) is 16.1 Å². The van der Waals surface area contributed by atoms with Gasteiger partial charge in [0.15, 0.2) is 11.0 Å². The van der Waals surface area contributed by atoms with Crippen molar-refractivity contribution >= 4 is 40.0 Å². The summed E-state index contributed by atoms with van der Waals surface area (Å²) in [6.45, 7) is 12.2. The molecule has 0 radical (unpaired) electrons. The normalized spacial score (nSPS) is 10.8. The van der Waals surface area contributed by atoms with Gasteiger partial charge in [-0.05, 0) is 33.3 Å². The molecule has 9 heteroatoms. The molecule has 0 unspecified atom stereocenters. The second kappa shape index (κ2) is 10.6. The van der Waals surface area contributed by atoms with Crippen LogP contribution in [0.3, 0.4) is 0 Å². The molecule has 32 heavy (non-hydrogen) atoms. The minimum atomic E-state index is -0.425. The molecule has 2 aromatic heterocycles. The maximum Gasteiger partial charge on any atom is 0.341 e. The molecule has 168 valence electrons. The van der Waals surface area contributed by atoms with Gasteiger partial charge in [-0.1, -0.05) is 47.7 Å². The highest BCUT2D eigenvalue weighted by Crippen LogP contribution is 2.33. The van der Waals surface area contributed by atoms with Crippen molar-refractivity contribution in [3.63, 3.8) is 0 Å². The number of aromatic nitrogens is 3. The van der Waals surface area contributed by atoms with E-state index in [4.69, 9.17) is 4.74 Å². The van der Waals surface area contributed by atoms with Crippen LogP contribution in [0.15, 0.2) is 42.1 Å². The number of hydrogen-bond acceptors (Lipinski definition) is 7. The van der Waals surface area contributed by atoms with Crippen LogP contribution in [0.2, 0.25) is 0 Å². The van der Waals surface area contributed by atoms with Gasteiger partial charge in [0.05, 0.1) is 17.9 Å². The van der Waals surface area contributed by atoms with E-state index in [9.17, 15) is 9.59 Å². The number of ether oxygens (including phenoxy) is 1. The smallest absolute Gasteiger partial charge is 0.341 e. The Bertz CT molecular complexity index is 1130. The first kappa shape index (κ1) is 23.7. The van der Waals surface area contributed by atoms with Crippen molar-refractivity contribution in [1.82, 2.24) is 14.8 Å². The second-order valence-electron chi connectivity index (χ2n) is 7.12. The van der Waals surface area contributed by atoms with Crippen LogP contribution in [0.1, 0.15) is 33.3 Å².